The molecule has 0 bridgehead atoms. The maximum absolute atomic E-state index is 14.1. The molecule has 1 heterocycles. The number of fused-ring (bicyclic) bond motifs is 1. The van der Waals surface area contributed by atoms with Crippen LogP contribution in [0.3, 0.4) is 0 Å². The summed E-state index contributed by atoms with van der Waals surface area (Å²) >= 11 is 0. The van der Waals surface area contributed by atoms with Gasteiger partial charge in [0.2, 0.25) is 5.91 Å². The van der Waals surface area contributed by atoms with Crippen molar-refractivity contribution >= 4 is 17.3 Å². The summed E-state index contributed by atoms with van der Waals surface area (Å²) in [5, 5.41) is 6.30. The first kappa shape index (κ1) is 20.7. The molecule has 1 aliphatic rings. The SMILES string of the molecule is COc1ccc(F)cc1-c1ccc2c(c1COc1ccccc1C)NC(=O)C(C)(C)N2. The second-order valence-corrected chi connectivity index (χ2v) is 8.12. The fourth-order valence-corrected chi connectivity index (χ4v) is 3.72. The van der Waals surface area contributed by atoms with E-state index in [-0.39, 0.29) is 18.3 Å². The molecule has 0 aromatic heterocycles. The minimum Gasteiger partial charge on any atom is -0.496 e. The lowest BCUT2D eigenvalue weighted by atomic mass is 9.92. The number of benzene rings is 3. The Morgan fingerprint density at radius 3 is 2.52 bits per heavy atom. The van der Waals surface area contributed by atoms with Gasteiger partial charge in [0, 0.05) is 11.1 Å². The average Bonchev–Trinajstić information content (AvgIpc) is 2.74. The van der Waals surface area contributed by atoms with E-state index >= 15 is 0 Å². The predicted molar refractivity (Wildman–Crippen MR) is 120 cm³/mol. The molecule has 2 N–H and O–H groups in total. The monoisotopic (exact) mass is 420 g/mol. The van der Waals surface area contributed by atoms with Crippen molar-refractivity contribution in [2.24, 2.45) is 0 Å². The molecule has 0 unspecified atom stereocenters. The van der Waals surface area contributed by atoms with Crippen LogP contribution in [-0.2, 0) is 11.4 Å². The number of carbonyl (C=O) groups excluding carboxylic acids is 1. The number of aryl methyl sites for hydroxylation is 1. The van der Waals surface area contributed by atoms with Gasteiger partial charge in [-0.05, 0) is 62.2 Å². The Morgan fingerprint density at radius 2 is 1.77 bits per heavy atom. The van der Waals surface area contributed by atoms with Gasteiger partial charge in [0.05, 0.1) is 18.5 Å². The molecule has 160 valence electrons. The molecule has 0 spiro atoms. The normalized spacial score (nSPS) is 14.3. The van der Waals surface area contributed by atoms with Crippen molar-refractivity contribution < 1.29 is 18.7 Å². The summed E-state index contributed by atoms with van der Waals surface area (Å²) in [6.07, 6.45) is 0. The van der Waals surface area contributed by atoms with E-state index in [4.69, 9.17) is 9.47 Å². The molecule has 31 heavy (non-hydrogen) atoms. The van der Waals surface area contributed by atoms with Gasteiger partial charge in [0.1, 0.15) is 29.5 Å². The van der Waals surface area contributed by atoms with E-state index in [1.165, 1.54) is 12.1 Å². The third kappa shape index (κ3) is 3.93. The van der Waals surface area contributed by atoms with Crippen LogP contribution in [0.5, 0.6) is 11.5 Å². The van der Waals surface area contributed by atoms with Crippen LogP contribution in [0.25, 0.3) is 11.1 Å². The number of amides is 1. The van der Waals surface area contributed by atoms with Crippen LogP contribution in [0.4, 0.5) is 15.8 Å². The van der Waals surface area contributed by atoms with Crippen LogP contribution in [-0.4, -0.2) is 18.6 Å². The van der Waals surface area contributed by atoms with Gasteiger partial charge in [-0.3, -0.25) is 4.79 Å². The van der Waals surface area contributed by atoms with Crippen molar-refractivity contribution in [2.75, 3.05) is 17.7 Å². The molecule has 0 fully saturated rings. The molecule has 6 heteroatoms. The molecule has 0 radical (unpaired) electrons. The van der Waals surface area contributed by atoms with Crippen molar-refractivity contribution in [1.29, 1.82) is 0 Å². The lowest BCUT2D eigenvalue weighted by molar-refractivity contribution is -0.119. The summed E-state index contributed by atoms with van der Waals surface area (Å²) in [6.45, 7) is 5.79. The smallest absolute Gasteiger partial charge is 0.249 e. The van der Waals surface area contributed by atoms with Crippen LogP contribution >= 0.6 is 0 Å². The highest BCUT2D eigenvalue weighted by atomic mass is 19.1. The maximum Gasteiger partial charge on any atom is 0.249 e. The Hall–Kier alpha value is -3.54. The molecule has 0 saturated heterocycles. The second-order valence-electron chi connectivity index (χ2n) is 8.12. The first-order valence-electron chi connectivity index (χ1n) is 10.1. The summed E-state index contributed by atoms with van der Waals surface area (Å²) in [5.41, 5.74) is 3.72. The number of carbonyl (C=O) groups is 1. The predicted octanol–water partition coefficient (Wildman–Crippen LogP) is 5.53. The van der Waals surface area contributed by atoms with E-state index in [1.807, 2.05) is 57.2 Å². The zero-order valence-corrected chi connectivity index (χ0v) is 18.0. The highest BCUT2D eigenvalue weighted by Gasteiger charge is 2.34. The number of rotatable bonds is 5. The molecule has 0 saturated carbocycles. The summed E-state index contributed by atoms with van der Waals surface area (Å²) in [4.78, 5) is 12.7. The van der Waals surface area contributed by atoms with Gasteiger partial charge in [0.15, 0.2) is 0 Å². The van der Waals surface area contributed by atoms with Gasteiger partial charge < -0.3 is 20.1 Å². The number of halogens is 1. The van der Waals surface area contributed by atoms with Crippen molar-refractivity contribution in [3.8, 4) is 22.6 Å². The fourth-order valence-electron chi connectivity index (χ4n) is 3.72. The molecule has 3 aromatic carbocycles. The standard InChI is InChI=1S/C25H25FN2O3/c1-15-7-5-6-8-21(15)31-14-19-17(18-13-16(26)9-12-22(18)30-4)10-11-20-23(19)27-24(29)25(2,3)28-20/h5-13,28H,14H2,1-4H3,(H,27,29). The topological polar surface area (TPSA) is 59.6 Å². The number of hydrogen-bond acceptors (Lipinski definition) is 4. The van der Waals surface area contributed by atoms with E-state index in [1.54, 1.807) is 13.2 Å². The molecular weight excluding hydrogens is 395 g/mol. The molecular formula is C25H25FN2O3. The Morgan fingerprint density at radius 1 is 1.00 bits per heavy atom. The van der Waals surface area contributed by atoms with E-state index in [0.717, 1.165) is 28.1 Å². The van der Waals surface area contributed by atoms with Gasteiger partial charge in [-0.1, -0.05) is 24.3 Å². The molecule has 0 aliphatic carbocycles. The molecule has 1 aliphatic heterocycles. The van der Waals surface area contributed by atoms with Crippen LogP contribution in [0, 0.1) is 12.7 Å². The zero-order valence-electron chi connectivity index (χ0n) is 18.0. The van der Waals surface area contributed by atoms with Crippen LogP contribution < -0.4 is 20.1 Å². The minimum absolute atomic E-state index is 0.152. The minimum atomic E-state index is -0.751. The van der Waals surface area contributed by atoms with Gasteiger partial charge >= 0.3 is 0 Å². The summed E-state index contributed by atoms with van der Waals surface area (Å²) < 4.78 is 25.7. The lowest BCUT2D eigenvalue weighted by Gasteiger charge is -2.34. The zero-order chi connectivity index (χ0) is 22.2. The maximum atomic E-state index is 14.1. The number of anilines is 2. The highest BCUT2D eigenvalue weighted by Crippen LogP contribution is 2.42. The van der Waals surface area contributed by atoms with Crippen molar-refractivity contribution in [2.45, 2.75) is 32.9 Å². The van der Waals surface area contributed by atoms with Gasteiger partial charge in [-0.25, -0.2) is 4.39 Å². The van der Waals surface area contributed by atoms with Gasteiger partial charge in [-0.15, -0.1) is 0 Å². The van der Waals surface area contributed by atoms with Crippen molar-refractivity contribution in [3.05, 3.63) is 71.5 Å². The van der Waals surface area contributed by atoms with E-state index in [9.17, 15) is 9.18 Å². The highest BCUT2D eigenvalue weighted by molar-refractivity contribution is 6.07. The molecule has 0 atom stereocenters. The number of methoxy groups -OCH3 is 1. The van der Waals surface area contributed by atoms with Crippen molar-refractivity contribution in [3.63, 3.8) is 0 Å². The third-order valence-electron chi connectivity index (χ3n) is 5.48. The van der Waals surface area contributed by atoms with E-state index in [0.29, 0.717) is 17.0 Å². The van der Waals surface area contributed by atoms with Crippen LogP contribution in [0.2, 0.25) is 0 Å². The van der Waals surface area contributed by atoms with Gasteiger partial charge in [-0.2, -0.15) is 0 Å². The van der Waals surface area contributed by atoms with E-state index < -0.39 is 5.54 Å². The first-order valence-corrected chi connectivity index (χ1v) is 10.1. The molecule has 4 rings (SSSR count). The van der Waals surface area contributed by atoms with Crippen molar-refractivity contribution in [1.82, 2.24) is 0 Å². The number of nitrogens with one attached hydrogen (secondary N) is 2. The third-order valence-corrected chi connectivity index (χ3v) is 5.48. The fraction of sp³-hybridized carbons (Fsp3) is 0.240. The molecule has 5 nitrogen and oxygen atoms in total. The molecule has 1 amide bonds. The second kappa shape index (κ2) is 7.95. The number of hydrogen-bond donors (Lipinski definition) is 2. The quantitative estimate of drug-likeness (QED) is 0.570. The van der Waals surface area contributed by atoms with Crippen LogP contribution in [0.1, 0.15) is 25.0 Å². The summed E-state index contributed by atoms with van der Waals surface area (Å²) in [5.74, 6) is 0.754. The van der Waals surface area contributed by atoms with Gasteiger partial charge in [0.25, 0.3) is 0 Å². The number of ether oxygens (including phenoxy) is 2. The lowest BCUT2D eigenvalue weighted by Crippen LogP contribution is -2.47. The Kier molecular flexibility index (Phi) is 5.31. The summed E-state index contributed by atoms with van der Waals surface area (Å²) in [7, 11) is 1.55. The summed E-state index contributed by atoms with van der Waals surface area (Å²) in [6, 6.07) is 15.9. The number of para-hydroxylation sites is 1. The Labute approximate surface area is 181 Å². The first-order chi connectivity index (χ1) is 14.8. The largest absolute Gasteiger partial charge is 0.496 e. The Balaban J connectivity index is 1.86. The van der Waals surface area contributed by atoms with Crippen LogP contribution in [0.15, 0.2) is 54.6 Å². The Bertz CT molecular complexity index is 1160. The average molecular weight is 420 g/mol. The molecule has 3 aromatic rings. The van der Waals surface area contributed by atoms with E-state index in [2.05, 4.69) is 10.6 Å².